The minimum atomic E-state index is -3.19. The number of fused-ring (bicyclic) bond motifs is 1. The van der Waals surface area contributed by atoms with Gasteiger partial charge in [0.25, 0.3) is 0 Å². The molecule has 0 bridgehead atoms. The zero-order valence-electron chi connectivity index (χ0n) is 16.0. The maximum absolute atomic E-state index is 12.3. The van der Waals surface area contributed by atoms with E-state index in [-0.39, 0.29) is 18.2 Å². The van der Waals surface area contributed by atoms with Crippen LogP contribution in [0.5, 0.6) is 5.75 Å². The first-order valence-corrected chi connectivity index (χ1v) is 11.2. The third kappa shape index (κ3) is 6.31. The molecule has 1 aromatic rings. The maximum Gasteiger partial charge on any atom is 0.321 e. The van der Waals surface area contributed by atoms with E-state index in [4.69, 9.17) is 4.74 Å². The number of urea groups is 1. The highest BCUT2D eigenvalue weighted by molar-refractivity contribution is 7.88. The molecule has 6 N–H and O–H groups in total. The van der Waals surface area contributed by atoms with Crippen LogP contribution in [0.3, 0.4) is 0 Å². The molecule has 0 aromatic heterocycles. The van der Waals surface area contributed by atoms with E-state index < -0.39 is 16.3 Å². The molecule has 3 unspecified atom stereocenters. The SMILES string of the molecule is CC1CC(NCCNS(C)(=O)=O)NC(NC(=O)Nc2ccc3c(c2)CCO3)N1. The lowest BCUT2D eigenvalue weighted by atomic mass is 10.1. The van der Waals surface area contributed by atoms with Gasteiger partial charge < -0.3 is 20.7 Å². The van der Waals surface area contributed by atoms with Crippen molar-refractivity contribution in [2.24, 2.45) is 0 Å². The molecule has 2 aliphatic rings. The van der Waals surface area contributed by atoms with Crippen molar-refractivity contribution in [3.63, 3.8) is 0 Å². The van der Waals surface area contributed by atoms with Crippen molar-refractivity contribution >= 4 is 21.7 Å². The Balaban J connectivity index is 1.45. The van der Waals surface area contributed by atoms with Crippen molar-refractivity contribution in [3.05, 3.63) is 23.8 Å². The fraction of sp³-hybridized carbons (Fsp3) is 0.588. The summed E-state index contributed by atoms with van der Waals surface area (Å²) in [4.78, 5) is 12.3. The molecule has 0 aliphatic carbocycles. The third-order valence-electron chi connectivity index (χ3n) is 4.51. The number of amides is 2. The van der Waals surface area contributed by atoms with Gasteiger partial charge in [0.1, 0.15) is 12.0 Å². The first-order chi connectivity index (χ1) is 13.3. The van der Waals surface area contributed by atoms with Crippen LogP contribution in [0.25, 0.3) is 0 Å². The summed E-state index contributed by atoms with van der Waals surface area (Å²) in [5.41, 5.74) is 1.81. The van der Waals surface area contributed by atoms with Crippen LogP contribution in [0.1, 0.15) is 18.9 Å². The summed E-state index contributed by atoms with van der Waals surface area (Å²) < 4.78 is 30.1. The number of sulfonamides is 1. The molecule has 156 valence electrons. The fourth-order valence-electron chi connectivity index (χ4n) is 3.29. The number of hydrogen-bond acceptors (Lipinski definition) is 7. The van der Waals surface area contributed by atoms with Crippen LogP contribution in [0.4, 0.5) is 10.5 Å². The molecule has 1 aromatic carbocycles. The third-order valence-corrected chi connectivity index (χ3v) is 5.24. The summed E-state index contributed by atoms with van der Waals surface area (Å²) >= 11 is 0. The standard InChI is InChI=1S/C17H28N6O4S/c1-11-9-15(18-6-7-19-28(2,25)26)22-16(20-11)23-17(24)21-13-3-4-14-12(10-13)5-8-27-14/h3-4,10-11,15-16,18-20,22H,5-9H2,1-2H3,(H2,21,23,24). The van der Waals surface area contributed by atoms with Crippen LogP contribution >= 0.6 is 0 Å². The Bertz CT molecular complexity index is 803. The predicted octanol–water partition coefficient (Wildman–Crippen LogP) is -0.537. The minimum absolute atomic E-state index is 0.0555. The Labute approximate surface area is 165 Å². The molecule has 1 saturated heterocycles. The number of benzene rings is 1. The number of hydrogen-bond donors (Lipinski definition) is 6. The molecular weight excluding hydrogens is 384 g/mol. The van der Waals surface area contributed by atoms with E-state index >= 15 is 0 Å². The number of ether oxygens (including phenoxy) is 1. The van der Waals surface area contributed by atoms with Crippen LogP contribution in [-0.4, -0.2) is 58.9 Å². The topological polar surface area (TPSA) is 133 Å². The average molecular weight is 413 g/mol. The van der Waals surface area contributed by atoms with Gasteiger partial charge in [-0.25, -0.2) is 17.9 Å². The van der Waals surface area contributed by atoms with Crippen molar-refractivity contribution in [2.75, 3.05) is 31.3 Å². The molecule has 0 spiro atoms. The fourth-order valence-corrected chi connectivity index (χ4v) is 3.77. The molecular formula is C17H28N6O4S. The lowest BCUT2D eigenvalue weighted by molar-refractivity contribution is 0.194. The number of carbonyl (C=O) groups excluding carboxylic acids is 1. The largest absolute Gasteiger partial charge is 0.493 e. The van der Waals surface area contributed by atoms with Gasteiger partial charge in [-0.1, -0.05) is 0 Å². The van der Waals surface area contributed by atoms with Crippen molar-refractivity contribution < 1.29 is 17.9 Å². The molecule has 3 atom stereocenters. The normalized spacial score (nSPS) is 24.3. The van der Waals surface area contributed by atoms with Crippen molar-refractivity contribution in [1.82, 2.24) is 26.0 Å². The molecule has 2 amide bonds. The summed E-state index contributed by atoms with van der Waals surface area (Å²) in [6, 6.07) is 5.44. The Morgan fingerprint density at radius 3 is 2.89 bits per heavy atom. The van der Waals surface area contributed by atoms with Gasteiger partial charge >= 0.3 is 6.03 Å². The molecule has 0 saturated carbocycles. The first-order valence-electron chi connectivity index (χ1n) is 9.32. The number of carbonyl (C=O) groups is 1. The zero-order valence-corrected chi connectivity index (χ0v) is 16.9. The van der Waals surface area contributed by atoms with Gasteiger partial charge in [0, 0.05) is 31.2 Å². The van der Waals surface area contributed by atoms with E-state index in [0.29, 0.717) is 25.4 Å². The van der Waals surface area contributed by atoms with Crippen LogP contribution in [0.15, 0.2) is 18.2 Å². The first kappa shape index (κ1) is 20.8. The average Bonchev–Trinajstić information content (AvgIpc) is 3.05. The summed E-state index contributed by atoms with van der Waals surface area (Å²) in [5.74, 6) is 0.870. The van der Waals surface area contributed by atoms with Gasteiger partial charge in [-0.05, 0) is 37.1 Å². The van der Waals surface area contributed by atoms with Gasteiger partial charge in [0.05, 0.1) is 19.0 Å². The van der Waals surface area contributed by atoms with E-state index in [0.717, 1.165) is 30.4 Å². The highest BCUT2D eigenvalue weighted by Gasteiger charge is 2.25. The Morgan fingerprint density at radius 2 is 2.11 bits per heavy atom. The van der Waals surface area contributed by atoms with Crippen molar-refractivity contribution in [2.45, 2.75) is 38.3 Å². The molecule has 2 aliphatic heterocycles. The summed E-state index contributed by atoms with van der Waals surface area (Å²) in [6.45, 7) is 3.48. The molecule has 2 heterocycles. The molecule has 1 fully saturated rings. The van der Waals surface area contributed by atoms with E-state index in [1.165, 1.54) is 0 Å². The Morgan fingerprint density at radius 1 is 1.29 bits per heavy atom. The van der Waals surface area contributed by atoms with Crippen molar-refractivity contribution in [1.29, 1.82) is 0 Å². The smallest absolute Gasteiger partial charge is 0.321 e. The maximum atomic E-state index is 12.3. The number of anilines is 1. The lowest BCUT2D eigenvalue weighted by Gasteiger charge is -2.36. The summed E-state index contributed by atoms with van der Waals surface area (Å²) in [7, 11) is -3.19. The van der Waals surface area contributed by atoms with E-state index in [1.54, 1.807) is 0 Å². The number of rotatable bonds is 7. The van der Waals surface area contributed by atoms with E-state index in [9.17, 15) is 13.2 Å². The van der Waals surface area contributed by atoms with E-state index in [2.05, 4.69) is 31.3 Å². The van der Waals surface area contributed by atoms with Gasteiger partial charge in [-0.3, -0.25) is 10.6 Å². The summed E-state index contributed by atoms with van der Waals surface area (Å²) in [5, 5.41) is 15.4. The van der Waals surface area contributed by atoms with Crippen LogP contribution < -0.4 is 36.0 Å². The van der Waals surface area contributed by atoms with Gasteiger partial charge in [-0.2, -0.15) is 0 Å². The minimum Gasteiger partial charge on any atom is -0.493 e. The molecule has 11 heteroatoms. The van der Waals surface area contributed by atoms with Crippen LogP contribution in [-0.2, 0) is 16.4 Å². The van der Waals surface area contributed by atoms with Gasteiger partial charge in [0.15, 0.2) is 0 Å². The second-order valence-corrected chi connectivity index (χ2v) is 8.93. The second-order valence-electron chi connectivity index (χ2n) is 7.10. The van der Waals surface area contributed by atoms with Gasteiger partial charge in [0.2, 0.25) is 10.0 Å². The Hall–Kier alpha value is -1.92. The summed E-state index contributed by atoms with van der Waals surface area (Å²) in [6.07, 6.45) is 2.30. The van der Waals surface area contributed by atoms with Crippen LogP contribution in [0, 0.1) is 0 Å². The highest BCUT2D eigenvalue weighted by atomic mass is 32.2. The van der Waals surface area contributed by atoms with Gasteiger partial charge in [-0.15, -0.1) is 0 Å². The zero-order chi connectivity index (χ0) is 20.1. The highest BCUT2D eigenvalue weighted by Crippen LogP contribution is 2.27. The Kier molecular flexibility index (Phi) is 6.73. The lowest BCUT2D eigenvalue weighted by Crippen LogP contribution is -2.68. The monoisotopic (exact) mass is 412 g/mol. The second kappa shape index (κ2) is 9.05. The predicted molar refractivity (Wildman–Crippen MR) is 107 cm³/mol. The quantitative estimate of drug-likeness (QED) is 0.332. The molecule has 0 radical (unpaired) electrons. The van der Waals surface area contributed by atoms with E-state index in [1.807, 2.05) is 25.1 Å². The molecule has 3 rings (SSSR count). The molecule has 28 heavy (non-hydrogen) atoms. The van der Waals surface area contributed by atoms with Crippen molar-refractivity contribution in [3.8, 4) is 5.75 Å². The molecule has 10 nitrogen and oxygen atoms in total. The number of nitrogens with one attached hydrogen (secondary N) is 6. The van der Waals surface area contributed by atoms with Crippen LogP contribution in [0.2, 0.25) is 0 Å².